The minimum Gasteiger partial charge on any atom is -0.492 e. The van der Waals surface area contributed by atoms with Gasteiger partial charge in [-0.15, -0.1) is 0 Å². The fraction of sp³-hybridized carbons (Fsp3) is 0.130. The van der Waals surface area contributed by atoms with E-state index in [1.807, 2.05) is 19.1 Å². The van der Waals surface area contributed by atoms with Crippen molar-refractivity contribution in [1.82, 2.24) is 5.43 Å². The molecule has 0 unspecified atom stereocenters. The van der Waals surface area contributed by atoms with Gasteiger partial charge in [0.2, 0.25) is 0 Å². The zero-order chi connectivity index (χ0) is 23.1. The van der Waals surface area contributed by atoms with Crippen molar-refractivity contribution >= 4 is 80.5 Å². The summed E-state index contributed by atoms with van der Waals surface area (Å²) in [5, 5.41) is 5.15. The first-order valence-corrected chi connectivity index (χ1v) is 12.4. The number of nitrogens with one attached hydrogen (secondary N) is 1. The summed E-state index contributed by atoms with van der Waals surface area (Å²) >= 11 is 16.6. The van der Waals surface area contributed by atoms with Crippen LogP contribution < -0.4 is 14.9 Å². The molecule has 0 heterocycles. The highest BCUT2D eigenvalue weighted by atomic mass is 127. The molecule has 0 aliphatic carbocycles. The summed E-state index contributed by atoms with van der Waals surface area (Å²) in [4.78, 5) is 12.7. The molecule has 3 rings (SSSR count). The smallest absolute Gasteiger partial charge is 0.275 e. The number of carbonyl (C=O) groups is 1. The summed E-state index contributed by atoms with van der Waals surface area (Å²) in [6.45, 7) is 2.75. The molecule has 9 heteroatoms. The van der Waals surface area contributed by atoms with Crippen molar-refractivity contribution in [3.8, 4) is 11.5 Å². The SMILES string of the molecule is CCOc1c(I)cc(/C=N/NC(=O)c2ccccc2OCc2ccc(Cl)cc2Cl)cc1I. The number of benzene rings is 3. The van der Waals surface area contributed by atoms with E-state index < -0.39 is 0 Å². The van der Waals surface area contributed by atoms with Crippen LogP contribution >= 0.6 is 68.4 Å². The molecule has 0 spiro atoms. The minimum absolute atomic E-state index is 0.201. The zero-order valence-corrected chi connectivity index (χ0v) is 22.7. The normalized spacial score (nSPS) is 10.9. The lowest BCUT2D eigenvalue weighted by Gasteiger charge is -2.11. The maximum absolute atomic E-state index is 12.7. The standard InChI is InChI=1S/C23H18Cl2I2N2O3/c1-2-31-22-19(26)9-14(10-20(22)27)12-28-29-23(30)17-5-3-4-6-21(17)32-13-15-7-8-16(24)11-18(15)25/h3-12H,2,13H2,1H3,(H,29,30)/b28-12+. The molecule has 0 aliphatic rings. The molecular weight excluding hydrogens is 677 g/mol. The largest absolute Gasteiger partial charge is 0.492 e. The van der Waals surface area contributed by atoms with Crippen molar-refractivity contribution in [3.63, 3.8) is 0 Å². The predicted octanol–water partition coefficient (Wildman–Crippen LogP) is 6.94. The molecular formula is C23H18Cl2I2N2O3. The second-order valence-corrected chi connectivity index (χ2v) is 9.63. The maximum Gasteiger partial charge on any atom is 0.275 e. The molecule has 1 amide bonds. The van der Waals surface area contributed by atoms with E-state index in [1.165, 1.54) is 0 Å². The third-order valence-corrected chi connectivity index (χ3v) is 6.41. The summed E-state index contributed by atoms with van der Waals surface area (Å²) < 4.78 is 13.4. The number of hydrogen-bond donors (Lipinski definition) is 1. The molecule has 0 saturated carbocycles. The van der Waals surface area contributed by atoms with E-state index in [-0.39, 0.29) is 12.5 Å². The van der Waals surface area contributed by atoms with Crippen LogP contribution in [0.2, 0.25) is 10.0 Å². The Morgan fingerprint density at radius 2 is 1.78 bits per heavy atom. The molecule has 0 fully saturated rings. The molecule has 3 aromatic rings. The Morgan fingerprint density at radius 3 is 2.47 bits per heavy atom. The van der Waals surface area contributed by atoms with E-state index in [1.54, 1.807) is 48.7 Å². The van der Waals surface area contributed by atoms with Crippen molar-refractivity contribution in [2.75, 3.05) is 6.61 Å². The van der Waals surface area contributed by atoms with E-state index in [0.29, 0.717) is 28.0 Å². The van der Waals surface area contributed by atoms with Crippen molar-refractivity contribution in [1.29, 1.82) is 0 Å². The van der Waals surface area contributed by atoms with Crippen LogP contribution in [-0.2, 0) is 6.61 Å². The van der Waals surface area contributed by atoms with Gasteiger partial charge in [-0.05, 0) is 94.1 Å². The summed E-state index contributed by atoms with van der Waals surface area (Å²) in [6.07, 6.45) is 1.59. The lowest BCUT2D eigenvalue weighted by Crippen LogP contribution is -2.18. The third-order valence-electron chi connectivity index (χ3n) is 4.22. The molecule has 5 nitrogen and oxygen atoms in total. The molecule has 0 atom stereocenters. The molecule has 0 bridgehead atoms. The van der Waals surface area contributed by atoms with Gasteiger partial charge in [0.05, 0.1) is 25.5 Å². The van der Waals surface area contributed by atoms with Gasteiger partial charge in [0.1, 0.15) is 18.1 Å². The van der Waals surface area contributed by atoms with Crippen molar-refractivity contribution in [3.05, 3.63) is 88.5 Å². The second kappa shape index (κ2) is 12.1. The van der Waals surface area contributed by atoms with Crippen LogP contribution in [0, 0.1) is 7.14 Å². The van der Waals surface area contributed by atoms with Gasteiger partial charge >= 0.3 is 0 Å². The molecule has 32 heavy (non-hydrogen) atoms. The van der Waals surface area contributed by atoms with E-state index in [2.05, 4.69) is 55.7 Å². The van der Waals surface area contributed by atoms with Crippen LogP contribution in [0.25, 0.3) is 0 Å². The summed E-state index contributed by atoms with van der Waals surface area (Å²) in [6, 6.07) is 16.0. The number of hydrazone groups is 1. The minimum atomic E-state index is -0.380. The molecule has 0 saturated heterocycles. The van der Waals surface area contributed by atoms with Crippen LogP contribution in [0.3, 0.4) is 0 Å². The monoisotopic (exact) mass is 694 g/mol. The molecule has 0 aliphatic heterocycles. The Labute approximate surface area is 223 Å². The molecule has 3 aromatic carbocycles. The van der Waals surface area contributed by atoms with Gasteiger partial charge in [-0.3, -0.25) is 4.79 Å². The average molecular weight is 695 g/mol. The van der Waals surface area contributed by atoms with Crippen molar-refractivity contribution < 1.29 is 14.3 Å². The number of ether oxygens (including phenoxy) is 2. The lowest BCUT2D eigenvalue weighted by molar-refractivity contribution is 0.0950. The quantitative estimate of drug-likeness (QED) is 0.158. The highest BCUT2D eigenvalue weighted by Gasteiger charge is 2.13. The lowest BCUT2D eigenvalue weighted by atomic mass is 10.2. The fourth-order valence-electron chi connectivity index (χ4n) is 2.74. The Bertz CT molecular complexity index is 1130. The zero-order valence-electron chi connectivity index (χ0n) is 16.9. The van der Waals surface area contributed by atoms with Gasteiger partial charge < -0.3 is 9.47 Å². The van der Waals surface area contributed by atoms with Crippen LogP contribution in [0.15, 0.2) is 59.7 Å². The highest BCUT2D eigenvalue weighted by molar-refractivity contribution is 14.1. The predicted molar refractivity (Wildman–Crippen MR) is 145 cm³/mol. The van der Waals surface area contributed by atoms with E-state index in [9.17, 15) is 4.79 Å². The van der Waals surface area contributed by atoms with E-state index in [0.717, 1.165) is 24.0 Å². The number of amides is 1. The third kappa shape index (κ3) is 6.72. The first kappa shape index (κ1) is 25.1. The topological polar surface area (TPSA) is 59.9 Å². The van der Waals surface area contributed by atoms with Gasteiger partial charge in [0.25, 0.3) is 5.91 Å². The number of hydrogen-bond acceptors (Lipinski definition) is 4. The second-order valence-electron chi connectivity index (χ2n) is 6.47. The summed E-state index contributed by atoms with van der Waals surface area (Å²) in [5.74, 6) is 0.896. The van der Waals surface area contributed by atoms with Crippen molar-refractivity contribution in [2.45, 2.75) is 13.5 Å². The number of halogens is 4. The number of rotatable bonds is 8. The van der Waals surface area contributed by atoms with Crippen molar-refractivity contribution in [2.24, 2.45) is 5.10 Å². The highest BCUT2D eigenvalue weighted by Crippen LogP contribution is 2.28. The van der Waals surface area contributed by atoms with E-state index >= 15 is 0 Å². The van der Waals surface area contributed by atoms with Gasteiger partial charge in [-0.1, -0.05) is 41.4 Å². The summed E-state index contributed by atoms with van der Waals surface area (Å²) in [7, 11) is 0. The Kier molecular flexibility index (Phi) is 9.45. The Morgan fingerprint density at radius 1 is 1.06 bits per heavy atom. The first-order chi connectivity index (χ1) is 15.4. The number of nitrogens with zero attached hydrogens (tertiary/aromatic N) is 1. The van der Waals surface area contributed by atoms with Gasteiger partial charge in [-0.2, -0.15) is 5.10 Å². The Hall–Kier alpha value is -1.56. The van der Waals surface area contributed by atoms with Crippen LogP contribution in [0.5, 0.6) is 11.5 Å². The Balaban J connectivity index is 1.68. The van der Waals surface area contributed by atoms with Crippen LogP contribution in [-0.4, -0.2) is 18.7 Å². The molecule has 0 aromatic heterocycles. The maximum atomic E-state index is 12.7. The number of carbonyl (C=O) groups excluding carboxylic acids is 1. The van der Waals surface area contributed by atoms with Gasteiger partial charge in [0, 0.05) is 15.6 Å². The number of para-hydroxylation sites is 1. The molecule has 0 radical (unpaired) electrons. The fourth-order valence-corrected chi connectivity index (χ4v) is 5.33. The van der Waals surface area contributed by atoms with Crippen LogP contribution in [0.4, 0.5) is 0 Å². The van der Waals surface area contributed by atoms with Gasteiger partial charge in [0.15, 0.2) is 0 Å². The molecule has 166 valence electrons. The average Bonchev–Trinajstić information content (AvgIpc) is 2.76. The first-order valence-electron chi connectivity index (χ1n) is 9.50. The van der Waals surface area contributed by atoms with E-state index in [4.69, 9.17) is 32.7 Å². The van der Waals surface area contributed by atoms with Gasteiger partial charge in [-0.25, -0.2) is 5.43 Å². The van der Waals surface area contributed by atoms with Crippen LogP contribution in [0.1, 0.15) is 28.4 Å². The molecule has 1 N–H and O–H groups in total. The summed E-state index contributed by atoms with van der Waals surface area (Å²) in [5.41, 5.74) is 4.54.